The fourth-order valence-corrected chi connectivity index (χ4v) is 6.64. The van der Waals surface area contributed by atoms with Gasteiger partial charge in [-0.05, 0) is 52.2 Å². The molecular formula is C27H36ClFN7O7P. The van der Waals surface area contributed by atoms with Crippen molar-refractivity contribution in [3.8, 4) is 5.75 Å². The SMILES string of the molecule is CC(C)OC(=O)[C@H](C)N[P@](=O)(OC[C@@]1(CCl)O[C@@H](n2cnc3c(NC4CCC4)nc(N)nc32)[C@H](F)[C@@H]1O)Oc1ccccc1. The van der Waals surface area contributed by atoms with Crippen LogP contribution in [0.15, 0.2) is 36.7 Å². The number of ether oxygens (including phenoxy) is 2. The van der Waals surface area contributed by atoms with Gasteiger partial charge in [0.1, 0.15) is 23.5 Å². The van der Waals surface area contributed by atoms with Crippen LogP contribution in [-0.2, 0) is 23.4 Å². The molecule has 1 aliphatic carbocycles. The number of halogens is 2. The van der Waals surface area contributed by atoms with Gasteiger partial charge in [-0.1, -0.05) is 18.2 Å². The number of carbonyl (C=O) groups excluding carboxylic acids is 1. The zero-order valence-electron chi connectivity index (χ0n) is 24.4. The van der Waals surface area contributed by atoms with E-state index in [9.17, 15) is 14.5 Å². The summed E-state index contributed by atoms with van der Waals surface area (Å²) in [6.45, 7) is 4.08. The van der Waals surface area contributed by atoms with E-state index in [0.717, 1.165) is 19.3 Å². The highest BCUT2D eigenvalue weighted by molar-refractivity contribution is 7.52. The van der Waals surface area contributed by atoms with Crippen LogP contribution >= 0.6 is 19.3 Å². The number of hydrogen-bond acceptors (Lipinski definition) is 12. The Balaban J connectivity index is 1.39. The van der Waals surface area contributed by atoms with Crippen molar-refractivity contribution in [2.45, 2.75) is 82.3 Å². The molecule has 0 radical (unpaired) electrons. The molecular weight excluding hydrogens is 620 g/mol. The maximum Gasteiger partial charge on any atom is 0.459 e. The summed E-state index contributed by atoms with van der Waals surface area (Å²) in [4.78, 5) is 25.3. The fraction of sp³-hybridized carbons (Fsp3) is 0.556. The molecule has 14 nitrogen and oxygen atoms in total. The first-order valence-electron chi connectivity index (χ1n) is 14.2. The van der Waals surface area contributed by atoms with Gasteiger partial charge in [-0.25, -0.2) is 13.9 Å². The van der Waals surface area contributed by atoms with Gasteiger partial charge in [-0.2, -0.15) is 15.1 Å². The van der Waals surface area contributed by atoms with Gasteiger partial charge in [0.15, 0.2) is 29.4 Å². The van der Waals surface area contributed by atoms with Gasteiger partial charge in [0, 0.05) is 6.04 Å². The van der Waals surface area contributed by atoms with Crippen molar-refractivity contribution in [2.75, 3.05) is 23.5 Å². The van der Waals surface area contributed by atoms with Crippen LogP contribution in [0.2, 0.25) is 0 Å². The maximum absolute atomic E-state index is 15.8. The van der Waals surface area contributed by atoms with Crippen molar-refractivity contribution in [3.05, 3.63) is 36.7 Å². The molecule has 44 heavy (non-hydrogen) atoms. The molecule has 1 aromatic carbocycles. The fourth-order valence-electron chi connectivity index (χ4n) is 4.79. The molecule has 17 heteroatoms. The van der Waals surface area contributed by atoms with Gasteiger partial charge in [0.05, 0.1) is 24.9 Å². The minimum absolute atomic E-state index is 0.0582. The first-order chi connectivity index (χ1) is 20.9. The van der Waals surface area contributed by atoms with E-state index >= 15 is 4.39 Å². The third kappa shape index (κ3) is 6.77. The first kappa shape index (κ1) is 32.3. The second-order valence-corrected chi connectivity index (χ2v) is 13.1. The van der Waals surface area contributed by atoms with Crippen LogP contribution in [-0.4, -0.2) is 79.1 Å². The molecule has 0 spiro atoms. The summed E-state index contributed by atoms with van der Waals surface area (Å²) in [5, 5.41) is 16.9. The minimum atomic E-state index is -4.38. The molecule has 0 amide bonds. The number of aliphatic hydroxyl groups excluding tert-OH is 1. The monoisotopic (exact) mass is 655 g/mol. The highest BCUT2D eigenvalue weighted by Gasteiger charge is 2.57. The minimum Gasteiger partial charge on any atom is -0.462 e. The number of para-hydroxylation sites is 1. The highest BCUT2D eigenvalue weighted by atomic mass is 35.5. The highest BCUT2D eigenvalue weighted by Crippen LogP contribution is 2.49. The summed E-state index contributed by atoms with van der Waals surface area (Å²) in [5.74, 6) is -0.646. The van der Waals surface area contributed by atoms with Gasteiger partial charge < -0.3 is 30.2 Å². The van der Waals surface area contributed by atoms with Crippen LogP contribution in [0.5, 0.6) is 5.75 Å². The Kier molecular flexibility index (Phi) is 9.64. The van der Waals surface area contributed by atoms with Crippen LogP contribution in [0.3, 0.4) is 0 Å². The van der Waals surface area contributed by atoms with Crippen molar-refractivity contribution in [2.24, 2.45) is 0 Å². The van der Waals surface area contributed by atoms with Crippen LogP contribution in [0.4, 0.5) is 16.2 Å². The zero-order valence-corrected chi connectivity index (χ0v) is 26.1. The summed E-state index contributed by atoms with van der Waals surface area (Å²) in [7, 11) is -4.38. The quantitative estimate of drug-likeness (QED) is 0.119. The molecule has 5 rings (SSSR count). The third-order valence-electron chi connectivity index (χ3n) is 7.36. The second kappa shape index (κ2) is 13.1. The third-order valence-corrected chi connectivity index (χ3v) is 9.43. The Bertz CT molecular complexity index is 1510. The summed E-state index contributed by atoms with van der Waals surface area (Å²) < 4.78 is 53.7. The molecule has 3 heterocycles. The second-order valence-electron chi connectivity index (χ2n) is 11.1. The lowest BCUT2D eigenvalue weighted by Crippen LogP contribution is -2.48. The maximum atomic E-state index is 15.8. The Hall–Kier alpha value is -3.07. The molecule has 6 atom stereocenters. The van der Waals surface area contributed by atoms with Crippen molar-refractivity contribution in [1.82, 2.24) is 24.6 Å². The van der Waals surface area contributed by atoms with E-state index in [1.165, 1.54) is 30.0 Å². The van der Waals surface area contributed by atoms with Gasteiger partial charge in [0.2, 0.25) is 5.95 Å². The molecule has 1 saturated heterocycles. The van der Waals surface area contributed by atoms with E-state index in [1.54, 1.807) is 32.0 Å². The molecule has 2 fully saturated rings. The lowest BCUT2D eigenvalue weighted by molar-refractivity contribution is -0.149. The van der Waals surface area contributed by atoms with Crippen LogP contribution in [0.1, 0.15) is 46.3 Å². The van der Waals surface area contributed by atoms with Crippen molar-refractivity contribution in [1.29, 1.82) is 0 Å². The number of anilines is 2. The molecule has 2 aliphatic rings. The number of nitrogens with two attached hydrogens (primary N) is 1. The normalized spacial score (nSPS) is 25.8. The van der Waals surface area contributed by atoms with Crippen LogP contribution in [0, 0.1) is 0 Å². The average molecular weight is 656 g/mol. The number of nitrogens with zero attached hydrogens (tertiary/aromatic N) is 4. The number of aliphatic hydroxyl groups is 1. The van der Waals surface area contributed by atoms with Crippen molar-refractivity contribution >= 4 is 48.2 Å². The number of aromatic nitrogens is 4. The summed E-state index contributed by atoms with van der Waals surface area (Å²) >= 11 is 6.27. The molecule has 1 saturated carbocycles. The van der Waals surface area contributed by atoms with Crippen molar-refractivity contribution in [3.63, 3.8) is 0 Å². The van der Waals surface area contributed by atoms with Crippen LogP contribution in [0.25, 0.3) is 11.2 Å². The Morgan fingerprint density at radius 1 is 1.30 bits per heavy atom. The zero-order chi connectivity index (χ0) is 31.6. The van der Waals surface area contributed by atoms with E-state index in [1.807, 2.05) is 0 Å². The number of fused-ring (bicyclic) bond motifs is 1. The lowest BCUT2D eigenvalue weighted by atomic mass is 9.93. The number of nitrogen functional groups attached to an aromatic ring is 1. The van der Waals surface area contributed by atoms with E-state index in [4.69, 9.17) is 35.9 Å². The van der Waals surface area contributed by atoms with Gasteiger partial charge in [-0.3, -0.25) is 13.9 Å². The number of esters is 1. The number of nitrogens with one attached hydrogen (secondary N) is 2. The van der Waals surface area contributed by atoms with E-state index in [2.05, 4.69) is 25.4 Å². The van der Waals surface area contributed by atoms with Crippen molar-refractivity contribution < 1.29 is 37.4 Å². The summed E-state index contributed by atoms with van der Waals surface area (Å²) in [6, 6.07) is 7.19. The van der Waals surface area contributed by atoms with Gasteiger partial charge >= 0.3 is 13.7 Å². The standard InChI is InChI=1S/C27H36ClFN7O7P/c1-15(2)41-25(38)16(3)35-44(39,43-18-10-5-4-6-11-18)40-13-27(12-28)21(37)19(29)24(42-27)36-14-31-20-22(32-17-8-7-9-17)33-26(30)34-23(20)36/h4-6,10-11,14-17,19,21,24,37H,7-9,12-13H2,1-3H3,(H,35,39)(H3,30,32,33,34)/t16-,19+,21-,24+,27+,44-/m0/s1. The molecule has 2 aromatic heterocycles. The Labute approximate surface area is 258 Å². The van der Waals surface area contributed by atoms with Gasteiger partial charge in [-0.15, -0.1) is 11.6 Å². The predicted molar refractivity (Wildman–Crippen MR) is 160 cm³/mol. The molecule has 3 aromatic rings. The van der Waals surface area contributed by atoms with Crippen LogP contribution < -0.4 is 20.7 Å². The number of benzene rings is 1. The number of carbonyl (C=O) groups is 1. The largest absolute Gasteiger partial charge is 0.462 e. The number of imidazole rings is 1. The topological polar surface area (TPSA) is 185 Å². The van der Waals surface area contributed by atoms with E-state index < -0.39 is 62.5 Å². The number of hydrogen-bond donors (Lipinski definition) is 4. The number of rotatable bonds is 13. The van der Waals surface area contributed by atoms with Gasteiger partial charge in [0.25, 0.3) is 0 Å². The van der Waals surface area contributed by atoms with E-state index in [0.29, 0.717) is 11.3 Å². The summed E-state index contributed by atoms with van der Waals surface area (Å²) in [6.07, 6.45) is -1.39. The summed E-state index contributed by atoms with van der Waals surface area (Å²) in [5.41, 5.74) is 4.60. The lowest BCUT2D eigenvalue weighted by Gasteiger charge is -2.31. The van der Waals surface area contributed by atoms with E-state index in [-0.39, 0.29) is 23.4 Å². The first-order valence-corrected chi connectivity index (χ1v) is 16.3. The average Bonchev–Trinajstić information content (AvgIpc) is 3.48. The molecule has 240 valence electrons. The molecule has 1 aliphatic heterocycles. The molecule has 0 bridgehead atoms. The Morgan fingerprint density at radius 3 is 2.66 bits per heavy atom. The molecule has 0 unspecified atom stereocenters. The number of alkyl halides is 2. The Morgan fingerprint density at radius 2 is 2.02 bits per heavy atom. The smallest absolute Gasteiger partial charge is 0.459 e. The predicted octanol–water partition coefficient (Wildman–Crippen LogP) is 3.71. The molecule has 5 N–H and O–H groups in total.